The van der Waals surface area contributed by atoms with Gasteiger partial charge in [-0.1, -0.05) is 32.0 Å². The molecule has 312 valence electrons. The van der Waals surface area contributed by atoms with Crippen molar-refractivity contribution in [2.24, 2.45) is 11.8 Å². The molecule has 8 rings (SSSR count). The van der Waals surface area contributed by atoms with Gasteiger partial charge in [0.25, 0.3) is 0 Å². The Morgan fingerprint density at radius 1 is 0.831 bits per heavy atom. The van der Waals surface area contributed by atoms with Crippen LogP contribution >= 0.6 is 0 Å². The molecular formula is C43H53N9O7. The van der Waals surface area contributed by atoms with Gasteiger partial charge in [0, 0.05) is 49.0 Å². The molecule has 5 unspecified atom stereocenters. The van der Waals surface area contributed by atoms with Crippen LogP contribution in [0.5, 0.6) is 0 Å². The number of rotatable bonds is 11. The molecule has 0 spiro atoms. The van der Waals surface area contributed by atoms with Crippen molar-refractivity contribution in [2.45, 2.75) is 82.8 Å². The first-order valence-corrected chi connectivity index (χ1v) is 20.6. The van der Waals surface area contributed by atoms with Crippen LogP contribution in [0.1, 0.15) is 76.1 Å². The van der Waals surface area contributed by atoms with E-state index in [2.05, 4.69) is 44.9 Å². The molecular weight excluding hydrogens is 755 g/mol. The van der Waals surface area contributed by atoms with Gasteiger partial charge in [0.15, 0.2) is 0 Å². The Hall–Kier alpha value is -5.58. The number of nitrogens with zero attached hydrogens (tertiary/aromatic N) is 5. The van der Waals surface area contributed by atoms with Gasteiger partial charge in [-0.3, -0.25) is 14.7 Å². The number of H-pyrrole nitrogens is 2. The van der Waals surface area contributed by atoms with E-state index in [0.29, 0.717) is 26.3 Å². The number of aromatic nitrogens is 5. The standard InChI is InChI=1S/C43H53N9O7/c1-24(2)36(49-42(55)57-3)40(53)52-16-6-8-35(52)39-46-30-12-11-28(21-32(30)47-39)31-20-26-9-10-27(19-29(26)22-44-31)33-23-45-38(48-33)34-7-5-15-51(34)41(54)37(50-43(56)58-4)25-13-17-59-18-14-25/h9-12,19-25,34-37,41,54H,5-8,13-18H2,1-4H3,(H,45,48)(H,46,47)(H,49,55)(H,50,56). The fourth-order valence-corrected chi connectivity index (χ4v) is 8.97. The highest BCUT2D eigenvalue weighted by Crippen LogP contribution is 2.37. The molecule has 16 heteroatoms. The smallest absolute Gasteiger partial charge is 0.407 e. The van der Waals surface area contributed by atoms with E-state index in [-0.39, 0.29) is 29.8 Å². The van der Waals surface area contributed by atoms with E-state index in [4.69, 9.17) is 29.2 Å². The SMILES string of the molecule is COC(=O)NC(C(=O)N1CCCC1c1nc2ccc(-c3cc4ccc(-c5cnc(C6CCCN6C(O)C(NC(=O)OC)C6CCOCC6)[nH]5)cc4cn3)cc2[nH]1)C(C)C. The summed E-state index contributed by atoms with van der Waals surface area (Å²) in [6.45, 7) is 6.26. The predicted octanol–water partition coefficient (Wildman–Crippen LogP) is 5.82. The lowest BCUT2D eigenvalue weighted by atomic mass is 9.90. The zero-order chi connectivity index (χ0) is 41.2. The molecule has 6 heterocycles. The Labute approximate surface area is 342 Å². The van der Waals surface area contributed by atoms with E-state index >= 15 is 0 Å². The topological polar surface area (TPSA) is 200 Å². The number of carbonyl (C=O) groups is 3. The number of fused-ring (bicyclic) bond motifs is 2. The minimum atomic E-state index is -0.913. The number of benzene rings is 2. The number of likely N-dealkylation sites (tertiary alicyclic amines) is 2. The number of amides is 3. The Morgan fingerprint density at radius 3 is 2.36 bits per heavy atom. The minimum Gasteiger partial charge on any atom is -0.453 e. The van der Waals surface area contributed by atoms with E-state index in [9.17, 15) is 19.5 Å². The summed E-state index contributed by atoms with van der Waals surface area (Å²) in [6.07, 6.45) is 6.44. The van der Waals surface area contributed by atoms with E-state index in [1.54, 1.807) is 0 Å². The van der Waals surface area contributed by atoms with Crippen molar-refractivity contribution in [2.75, 3.05) is 40.5 Å². The monoisotopic (exact) mass is 807 g/mol. The lowest BCUT2D eigenvalue weighted by Gasteiger charge is -2.39. The van der Waals surface area contributed by atoms with Crippen LogP contribution in [0.2, 0.25) is 0 Å². The Balaban J connectivity index is 0.975. The molecule has 0 saturated carbocycles. The molecule has 5 aromatic rings. The van der Waals surface area contributed by atoms with Crippen molar-refractivity contribution in [1.82, 2.24) is 45.4 Å². The van der Waals surface area contributed by atoms with E-state index in [0.717, 1.165) is 94.5 Å². The number of hydrogen-bond donors (Lipinski definition) is 5. The summed E-state index contributed by atoms with van der Waals surface area (Å²) in [7, 11) is 2.62. The van der Waals surface area contributed by atoms with Gasteiger partial charge in [0.05, 0.1) is 61.0 Å². The molecule has 0 radical (unpaired) electrons. The largest absolute Gasteiger partial charge is 0.453 e. The van der Waals surface area contributed by atoms with E-state index < -0.39 is 30.5 Å². The molecule has 3 aliphatic heterocycles. The predicted molar refractivity (Wildman–Crippen MR) is 220 cm³/mol. The summed E-state index contributed by atoms with van der Waals surface area (Å²) >= 11 is 0. The van der Waals surface area contributed by atoms with Crippen molar-refractivity contribution >= 4 is 39.9 Å². The fourth-order valence-electron chi connectivity index (χ4n) is 8.97. The second-order valence-corrected chi connectivity index (χ2v) is 16.1. The summed E-state index contributed by atoms with van der Waals surface area (Å²) in [5.74, 6) is 1.29. The second-order valence-electron chi connectivity index (χ2n) is 16.1. The number of carbonyl (C=O) groups excluding carboxylic acids is 3. The molecule has 3 aliphatic rings. The maximum absolute atomic E-state index is 13.7. The molecule has 5 atom stereocenters. The Morgan fingerprint density at radius 2 is 1.58 bits per heavy atom. The van der Waals surface area contributed by atoms with Gasteiger partial charge in [-0.15, -0.1) is 0 Å². The van der Waals surface area contributed by atoms with Crippen LogP contribution < -0.4 is 10.6 Å². The Bertz CT molecular complexity index is 2300. The van der Waals surface area contributed by atoms with Crippen molar-refractivity contribution in [1.29, 1.82) is 0 Å². The summed E-state index contributed by atoms with van der Waals surface area (Å²) in [5, 5.41) is 19.3. The summed E-state index contributed by atoms with van der Waals surface area (Å²) in [4.78, 5) is 63.3. The number of nitrogens with one attached hydrogen (secondary N) is 4. The first-order valence-electron chi connectivity index (χ1n) is 20.6. The molecule has 59 heavy (non-hydrogen) atoms. The van der Waals surface area contributed by atoms with Crippen LogP contribution in [0, 0.1) is 11.8 Å². The van der Waals surface area contributed by atoms with Crippen LogP contribution in [0.4, 0.5) is 9.59 Å². The number of aliphatic hydroxyl groups is 1. The summed E-state index contributed by atoms with van der Waals surface area (Å²) in [6, 6.07) is 12.8. The van der Waals surface area contributed by atoms with Gasteiger partial charge in [-0.2, -0.15) is 0 Å². The highest BCUT2D eigenvalue weighted by molar-refractivity contribution is 5.90. The molecule has 3 saturated heterocycles. The van der Waals surface area contributed by atoms with Crippen LogP contribution in [0.25, 0.3) is 44.3 Å². The number of aliphatic hydroxyl groups excluding tert-OH is 1. The van der Waals surface area contributed by atoms with Gasteiger partial charge in [-0.25, -0.2) is 19.6 Å². The number of hydrogen-bond acceptors (Lipinski definition) is 11. The van der Waals surface area contributed by atoms with Gasteiger partial charge in [0.2, 0.25) is 5.91 Å². The van der Waals surface area contributed by atoms with Crippen LogP contribution in [-0.2, 0) is 19.0 Å². The second kappa shape index (κ2) is 17.3. The number of alkyl carbamates (subject to hydrolysis) is 2. The number of aromatic amines is 2. The molecule has 3 fully saturated rings. The van der Waals surface area contributed by atoms with Crippen molar-refractivity contribution in [3.05, 3.63) is 66.5 Å². The molecule has 16 nitrogen and oxygen atoms in total. The number of imidazole rings is 2. The van der Waals surface area contributed by atoms with Crippen molar-refractivity contribution in [3.63, 3.8) is 0 Å². The first kappa shape index (κ1) is 40.2. The quantitative estimate of drug-likeness (QED) is 0.108. The average Bonchev–Trinajstić information content (AvgIpc) is 4.10. The normalized spacial score (nSPS) is 20.5. The average molecular weight is 808 g/mol. The van der Waals surface area contributed by atoms with Crippen molar-refractivity contribution < 1.29 is 33.7 Å². The molecule has 3 aromatic heterocycles. The summed E-state index contributed by atoms with van der Waals surface area (Å²) < 4.78 is 15.2. The molecule has 0 aliphatic carbocycles. The Kier molecular flexibility index (Phi) is 11.8. The zero-order valence-corrected chi connectivity index (χ0v) is 33.9. The lowest BCUT2D eigenvalue weighted by molar-refractivity contribution is -0.135. The highest BCUT2D eigenvalue weighted by atomic mass is 16.5. The third-order valence-corrected chi connectivity index (χ3v) is 12.2. The van der Waals surface area contributed by atoms with Crippen LogP contribution in [0.15, 0.2) is 54.9 Å². The number of ether oxygens (including phenoxy) is 3. The maximum Gasteiger partial charge on any atom is 0.407 e. The lowest BCUT2D eigenvalue weighted by Crippen LogP contribution is -2.56. The summed E-state index contributed by atoms with van der Waals surface area (Å²) in [5.41, 5.74) is 5.23. The van der Waals surface area contributed by atoms with Gasteiger partial charge >= 0.3 is 12.2 Å². The zero-order valence-electron chi connectivity index (χ0n) is 33.9. The molecule has 0 bridgehead atoms. The first-order chi connectivity index (χ1) is 28.6. The maximum atomic E-state index is 13.7. The molecule has 3 amide bonds. The van der Waals surface area contributed by atoms with Gasteiger partial charge in [-0.05, 0) is 80.0 Å². The minimum absolute atomic E-state index is 0.0636. The number of methoxy groups -OCH3 is 2. The van der Waals surface area contributed by atoms with E-state index in [1.807, 2.05) is 54.2 Å². The van der Waals surface area contributed by atoms with Crippen LogP contribution in [-0.4, -0.2) is 117 Å². The fraction of sp³-hybridized carbons (Fsp3) is 0.488. The van der Waals surface area contributed by atoms with Crippen LogP contribution in [0.3, 0.4) is 0 Å². The highest BCUT2D eigenvalue weighted by Gasteiger charge is 2.41. The van der Waals surface area contributed by atoms with E-state index in [1.165, 1.54) is 14.2 Å². The molecule has 5 N–H and O–H groups in total. The molecule has 2 aromatic carbocycles. The number of pyridine rings is 1. The van der Waals surface area contributed by atoms with Crippen molar-refractivity contribution in [3.8, 4) is 22.5 Å². The third kappa shape index (κ3) is 8.34. The van der Waals surface area contributed by atoms with Gasteiger partial charge in [0.1, 0.15) is 23.9 Å². The van der Waals surface area contributed by atoms with Gasteiger partial charge < -0.3 is 44.8 Å². The third-order valence-electron chi connectivity index (χ3n) is 12.2.